The first-order chi connectivity index (χ1) is 11.6. The van der Waals surface area contributed by atoms with Crippen LogP contribution in [0, 0.1) is 11.6 Å². The van der Waals surface area contributed by atoms with Crippen LogP contribution in [0.3, 0.4) is 0 Å². The highest BCUT2D eigenvalue weighted by atomic mass is 19.2. The van der Waals surface area contributed by atoms with Crippen molar-refractivity contribution in [3.63, 3.8) is 0 Å². The summed E-state index contributed by atoms with van der Waals surface area (Å²) in [6.07, 6.45) is 0.449. The first-order valence-electron chi connectivity index (χ1n) is 7.66. The Bertz CT molecular complexity index is 684. The van der Waals surface area contributed by atoms with Crippen molar-refractivity contribution in [2.24, 2.45) is 0 Å². The van der Waals surface area contributed by atoms with Gasteiger partial charge in [0.15, 0.2) is 11.5 Å². The zero-order chi connectivity index (χ0) is 17.5. The molecule has 1 unspecified atom stereocenters. The van der Waals surface area contributed by atoms with Gasteiger partial charge < -0.3 is 9.47 Å². The highest BCUT2D eigenvalue weighted by Gasteiger charge is 2.16. The van der Waals surface area contributed by atoms with Crippen LogP contribution in [0.2, 0.25) is 0 Å². The molecule has 2 rings (SSSR count). The van der Waals surface area contributed by atoms with Gasteiger partial charge in [0.1, 0.15) is 6.17 Å². The molecule has 0 aromatic heterocycles. The standard InChI is InChI=1S/C19H19F3O2/c1-3-13-5-7-14(8-6-13)15(20)11-12-24-17-10-9-16(23-4-2)18(21)19(17)22/h3,5-10,15H,1,4,11-12H2,2H3. The predicted octanol–water partition coefficient (Wildman–Crippen LogP) is 5.49. The predicted molar refractivity (Wildman–Crippen MR) is 88.0 cm³/mol. The van der Waals surface area contributed by atoms with Crippen molar-refractivity contribution in [1.29, 1.82) is 0 Å². The molecule has 1 atom stereocenters. The summed E-state index contributed by atoms with van der Waals surface area (Å²) in [5.41, 5.74) is 1.40. The second-order valence-electron chi connectivity index (χ2n) is 5.10. The van der Waals surface area contributed by atoms with Gasteiger partial charge in [0, 0.05) is 6.42 Å². The number of ether oxygens (including phenoxy) is 2. The van der Waals surface area contributed by atoms with Gasteiger partial charge in [-0.3, -0.25) is 0 Å². The van der Waals surface area contributed by atoms with Crippen molar-refractivity contribution in [1.82, 2.24) is 0 Å². The zero-order valence-electron chi connectivity index (χ0n) is 13.4. The van der Waals surface area contributed by atoms with Crippen LogP contribution >= 0.6 is 0 Å². The molecule has 5 heteroatoms. The van der Waals surface area contributed by atoms with Gasteiger partial charge in [0.2, 0.25) is 11.6 Å². The summed E-state index contributed by atoms with van der Waals surface area (Å²) in [6.45, 7) is 5.46. The first-order valence-corrected chi connectivity index (χ1v) is 7.66. The Morgan fingerprint density at radius 3 is 2.12 bits per heavy atom. The molecule has 0 saturated carbocycles. The molecular formula is C19H19F3O2. The van der Waals surface area contributed by atoms with Crippen LogP contribution in [0.15, 0.2) is 43.0 Å². The SMILES string of the molecule is C=Cc1ccc(C(F)CCOc2ccc(OCC)c(F)c2F)cc1. The molecule has 0 saturated heterocycles. The maximum atomic E-state index is 14.1. The van der Waals surface area contributed by atoms with Crippen molar-refractivity contribution in [2.75, 3.05) is 13.2 Å². The fourth-order valence-corrected chi connectivity index (χ4v) is 2.17. The van der Waals surface area contributed by atoms with Crippen LogP contribution in [0.4, 0.5) is 13.2 Å². The second kappa shape index (κ2) is 8.43. The minimum Gasteiger partial charge on any atom is -0.491 e. The summed E-state index contributed by atoms with van der Waals surface area (Å²) in [4.78, 5) is 0. The van der Waals surface area contributed by atoms with Gasteiger partial charge in [-0.2, -0.15) is 8.78 Å². The van der Waals surface area contributed by atoms with Gasteiger partial charge in [-0.15, -0.1) is 0 Å². The van der Waals surface area contributed by atoms with E-state index in [1.807, 2.05) is 0 Å². The van der Waals surface area contributed by atoms with E-state index in [-0.39, 0.29) is 31.1 Å². The number of alkyl halides is 1. The van der Waals surface area contributed by atoms with Gasteiger partial charge >= 0.3 is 0 Å². The third-order valence-electron chi connectivity index (χ3n) is 3.47. The first kappa shape index (κ1) is 17.9. The third-order valence-corrected chi connectivity index (χ3v) is 3.47. The molecule has 2 aromatic rings. The van der Waals surface area contributed by atoms with Gasteiger partial charge in [-0.05, 0) is 30.2 Å². The Morgan fingerprint density at radius 2 is 1.58 bits per heavy atom. The molecule has 0 aliphatic rings. The van der Waals surface area contributed by atoms with E-state index in [0.717, 1.165) is 5.56 Å². The van der Waals surface area contributed by atoms with Crippen LogP contribution in [-0.4, -0.2) is 13.2 Å². The Kier molecular flexibility index (Phi) is 6.29. The lowest BCUT2D eigenvalue weighted by atomic mass is 10.1. The summed E-state index contributed by atoms with van der Waals surface area (Å²) in [6, 6.07) is 9.42. The van der Waals surface area contributed by atoms with Crippen molar-refractivity contribution >= 4 is 6.08 Å². The summed E-state index contributed by atoms with van der Waals surface area (Å²) < 4.78 is 51.8. The lowest BCUT2D eigenvalue weighted by molar-refractivity contribution is 0.227. The van der Waals surface area contributed by atoms with Crippen molar-refractivity contribution in [3.05, 3.63) is 65.7 Å². The molecule has 0 spiro atoms. The zero-order valence-corrected chi connectivity index (χ0v) is 13.4. The molecule has 2 aromatic carbocycles. The topological polar surface area (TPSA) is 18.5 Å². The summed E-state index contributed by atoms with van der Waals surface area (Å²) in [5.74, 6) is -2.67. The van der Waals surface area contributed by atoms with Crippen LogP contribution in [0.25, 0.3) is 6.08 Å². The molecule has 2 nitrogen and oxygen atoms in total. The van der Waals surface area contributed by atoms with E-state index in [4.69, 9.17) is 9.47 Å². The normalized spacial score (nSPS) is 11.8. The average Bonchev–Trinajstić information content (AvgIpc) is 2.61. The molecule has 0 heterocycles. The summed E-state index contributed by atoms with van der Waals surface area (Å²) >= 11 is 0. The summed E-state index contributed by atoms with van der Waals surface area (Å²) in [5, 5.41) is 0. The van der Waals surface area contributed by atoms with Crippen LogP contribution < -0.4 is 9.47 Å². The fourth-order valence-electron chi connectivity index (χ4n) is 2.17. The maximum absolute atomic E-state index is 14.1. The molecule has 0 amide bonds. The van der Waals surface area contributed by atoms with E-state index in [0.29, 0.717) is 5.56 Å². The Hall–Kier alpha value is -2.43. The van der Waals surface area contributed by atoms with Gasteiger partial charge in [0.25, 0.3) is 0 Å². The third kappa shape index (κ3) is 4.31. The fraction of sp³-hybridized carbons (Fsp3) is 0.263. The Labute approximate surface area is 139 Å². The highest BCUT2D eigenvalue weighted by Crippen LogP contribution is 2.28. The lowest BCUT2D eigenvalue weighted by Crippen LogP contribution is -2.05. The Balaban J connectivity index is 1.93. The minimum atomic E-state index is -1.25. The van der Waals surface area contributed by atoms with E-state index in [1.165, 1.54) is 12.1 Å². The molecule has 0 aliphatic heterocycles. The van der Waals surface area contributed by atoms with Crippen LogP contribution in [0.5, 0.6) is 11.5 Å². The molecular weight excluding hydrogens is 317 g/mol. The molecule has 24 heavy (non-hydrogen) atoms. The number of rotatable bonds is 8. The minimum absolute atomic E-state index is 0.0295. The quantitative estimate of drug-likeness (QED) is 0.635. The van der Waals surface area contributed by atoms with Crippen molar-refractivity contribution < 1.29 is 22.6 Å². The van der Waals surface area contributed by atoms with Crippen LogP contribution in [-0.2, 0) is 0 Å². The van der Waals surface area contributed by atoms with E-state index < -0.39 is 17.8 Å². The molecule has 0 aliphatic carbocycles. The monoisotopic (exact) mass is 336 g/mol. The molecule has 0 N–H and O–H groups in total. The molecule has 0 bridgehead atoms. The van der Waals surface area contributed by atoms with E-state index in [2.05, 4.69) is 6.58 Å². The molecule has 0 radical (unpaired) electrons. The summed E-state index contributed by atoms with van der Waals surface area (Å²) in [7, 11) is 0. The second-order valence-corrected chi connectivity index (χ2v) is 5.10. The number of hydrogen-bond acceptors (Lipinski definition) is 2. The van der Waals surface area contributed by atoms with Crippen molar-refractivity contribution in [3.8, 4) is 11.5 Å². The molecule has 0 fully saturated rings. The van der Waals surface area contributed by atoms with Gasteiger partial charge in [-0.1, -0.05) is 36.9 Å². The Morgan fingerprint density at radius 1 is 1.00 bits per heavy atom. The van der Waals surface area contributed by atoms with E-state index in [1.54, 1.807) is 37.3 Å². The largest absolute Gasteiger partial charge is 0.491 e. The number of benzene rings is 2. The molecule has 128 valence electrons. The van der Waals surface area contributed by atoms with Gasteiger partial charge in [0.05, 0.1) is 13.2 Å². The maximum Gasteiger partial charge on any atom is 0.204 e. The van der Waals surface area contributed by atoms with Crippen molar-refractivity contribution in [2.45, 2.75) is 19.5 Å². The van der Waals surface area contributed by atoms with E-state index in [9.17, 15) is 13.2 Å². The van der Waals surface area contributed by atoms with E-state index >= 15 is 0 Å². The van der Waals surface area contributed by atoms with Crippen LogP contribution in [0.1, 0.15) is 30.6 Å². The number of hydrogen-bond donors (Lipinski definition) is 0. The van der Waals surface area contributed by atoms with Gasteiger partial charge in [-0.25, -0.2) is 4.39 Å². The lowest BCUT2D eigenvalue weighted by Gasteiger charge is -2.12. The number of halogens is 3. The smallest absolute Gasteiger partial charge is 0.204 e. The average molecular weight is 336 g/mol. The highest BCUT2D eigenvalue weighted by molar-refractivity contribution is 5.47.